The zero-order valence-electron chi connectivity index (χ0n) is 61.6. The predicted molar refractivity (Wildman–Crippen MR) is 415 cm³/mol. The molecule has 0 aliphatic carbocycles. The summed E-state index contributed by atoms with van der Waals surface area (Å²) in [6, 6.07) is 0. The number of aliphatic hydroxyl groups is 16. The third-order valence-corrected chi connectivity index (χ3v) is 28.5. The summed E-state index contributed by atoms with van der Waals surface area (Å²) in [6.07, 6.45) is -69.9. The lowest BCUT2D eigenvalue weighted by Crippen LogP contribution is -2.69. The van der Waals surface area contributed by atoms with Crippen molar-refractivity contribution in [2.75, 3.05) is 144 Å². The molecule has 48 heteroatoms. The summed E-state index contributed by atoms with van der Waals surface area (Å²) in [6.45, 7) is 1.49. The predicted octanol–water partition coefficient (Wildman–Crippen LogP) is -11.8. The first-order valence-electron chi connectivity index (χ1n) is 37.5. The van der Waals surface area contributed by atoms with E-state index in [0.29, 0.717) is 46.0 Å². The molecule has 0 saturated carbocycles. The summed E-state index contributed by atoms with van der Waals surface area (Å²) >= 11 is 9.95. The van der Waals surface area contributed by atoms with Crippen LogP contribution in [0.2, 0.25) is 0 Å². The Labute approximate surface area is 683 Å². The third-order valence-electron chi connectivity index (χ3n) is 19.8. The van der Waals surface area contributed by atoms with Gasteiger partial charge in [0.2, 0.25) is 0 Å². The largest absolute Gasteiger partial charge is 0.387 e. The number of thioether (sulfide) groups is 8. The smallest absolute Gasteiger partial charge is 0.187 e. The summed E-state index contributed by atoms with van der Waals surface area (Å²) in [5, 5.41) is 194. The van der Waals surface area contributed by atoms with Crippen molar-refractivity contribution in [3.63, 3.8) is 0 Å². The molecule has 30 aliphatic heterocycles. The van der Waals surface area contributed by atoms with Gasteiger partial charge >= 0.3 is 0 Å². The SMILES string of the molecule is NCCSCC1OC2OC3C(CSCCN)OC(OC4C(CSCCN)OC(OC5C(CSCCN)OC(OC6C(CSCCN)OC(OC7C(CSCCN)OC(OC8C(CSCCN)OC(OC9C(CSCCN)OC(OC1C(O)C2O)C(O)C9O)C(O)C8O)C(O)C7O)C(O)C6O)C(O)C5O)C(O)C4O)C(O)C3O. The summed E-state index contributed by atoms with van der Waals surface area (Å²) in [4.78, 5) is 0. The maximum absolute atomic E-state index is 12.2. The van der Waals surface area contributed by atoms with Gasteiger partial charge in [-0.1, -0.05) is 0 Å². The monoisotopic (exact) mass is 1770 g/mol. The Morgan fingerprint density at radius 3 is 0.339 bits per heavy atom. The number of rotatable bonds is 32. The standard InChI is InChI=1S/C64H120N8O32S8/c65-1-9-105-17-25-49-33(73)41(81)57(89-25)98-50-26(18-106-10-2-66)91-59(43(83)35(50)75)100-52-28(20-108-12-4-68)93-61(45(85)37(52)77)102-54-30(22-110-14-6-70)95-63(47(87)39(54)79)104-56-32(24-112-16-8-72)96-64(48(88)40(56)80)103-55-31(23-111-15-7-71)94-62(46(86)38(55)78)101-53-29(21-109-13-5-69)92-60(44(84)36(53)76)99-51-27(19-107-11-3-67)90-58(97-49)42(82)34(51)74/h25-64,73-88H,1-24,65-72H2. The first kappa shape index (κ1) is 97.0. The van der Waals surface area contributed by atoms with Crippen LogP contribution >= 0.6 is 94.1 Å². The molecule has 16 bridgehead atoms. The molecule has 0 amide bonds. The molecule has 112 heavy (non-hydrogen) atoms. The summed E-state index contributed by atoms with van der Waals surface area (Å²) < 4.78 is 102. The molecule has 0 aromatic rings. The first-order valence-corrected chi connectivity index (χ1v) is 46.7. The van der Waals surface area contributed by atoms with Gasteiger partial charge in [0.25, 0.3) is 0 Å². The topological polar surface area (TPSA) is 680 Å². The Balaban J connectivity index is 1.07. The van der Waals surface area contributed by atoms with Gasteiger partial charge in [0.05, 0.1) is 48.8 Å². The maximum Gasteiger partial charge on any atom is 0.187 e. The van der Waals surface area contributed by atoms with Crippen molar-refractivity contribution >= 4 is 94.1 Å². The average molecular weight is 1770 g/mol. The van der Waals surface area contributed by atoms with E-state index in [2.05, 4.69) is 0 Å². The molecule has 0 aromatic heterocycles. The molecule has 32 N–H and O–H groups in total. The van der Waals surface area contributed by atoms with Crippen LogP contribution in [0.25, 0.3) is 0 Å². The van der Waals surface area contributed by atoms with Crippen molar-refractivity contribution in [3.05, 3.63) is 0 Å². The van der Waals surface area contributed by atoms with Gasteiger partial charge in [-0.3, -0.25) is 0 Å². The molecule has 40 unspecified atom stereocenters. The van der Waals surface area contributed by atoms with E-state index >= 15 is 0 Å². The minimum Gasteiger partial charge on any atom is -0.387 e. The second-order valence-electron chi connectivity index (χ2n) is 27.9. The fourth-order valence-corrected chi connectivity index (χ4v) is 20.7. The zero-order chi connectivity index (χ0) is 81.0. The van der Waals surface area contributed by atoms with Crippen molar-refractivity contribution in [2.24, 2.45) is 45.9 Å². The number of ether oxygens (including phenoxy) is 16. The van der Waals surface area contributed by atoms with Gasteiger partial charge < -0.3 is 203 Å². The van der Waals surface area contributed by atoms with E-state index in [0.717, 1.165) is 0 Å². The van der Waals surface area contributed by atoms with Crippen LogP contribution in [0, 0.1) is 0 Å². The number of hydrogen-bond donors (Lipinski definition) is 24. The summed E-state index contributed by atoms with van der Waals surface area (Å²) in [5.41, 5.74) is 47.3. The van der Waals surface area contributed by atoms with Crippen LogP contribution in [0.1, 0.15) is 0 Å². The van der Waals surface area contributed by atoms with Crippen LogP contribution in [-0.4, -0.2) is 472 Å². The van der Waals surface area contributed by atoms with Crippen molar-refractivity contribution in [1.29, 1.82) is 0 Å². The highest BCUT2D eigenvalue weighted by Crippen LogP contribution is 2.42. The molecule has 30 aliphatic rings. The molecule has 40 atom stereocenters. The van der Waals surface area contributed by atoms with Crippen LogP contribution < -0.4 is 45.9 Å². The van der Waals surface area contributed by atoms with Crippen LogP contribution in [-0.2, 0) is 75.8 Å². The fraction of sp³-hybridized carbons (Fsp3) is 1.00. The van der Waals surface area contributed by atoms with Crippen LogP contribution in [0.5, 0.6) is 0 Å². The lowest BCUT2D eigenvalue weighted by Gasteiger charge is -2.51. The van der Waals surface area contributed by atoms with Crippen molar-refractivity contribution in [3.8, 4) is 0 Å². The van der Waals surface area contributed by atoms with E-state index in [-0.39, 0.29) is 98.4 Å². The van der Waals surface area contributed by atoms with Gasteiger partial charge in [-0.15, -0.1) is 0 Å². The van der Waals surface area contributed by atoms with Gasteiger partial charge in [0.15, 0.2) is 50.3 Å². The van der Waals surface area contributed by atoms with Crippen LogP contribution in [0.4, 0.5) is 0 Å². The fourth-order valence-electron chi connectivity index (χ4n) is 14.1. The molecule has 40 nitrogen and oxygen atoms in total. The molecule has 30 saturated heterocycles. The highest BCUT2D eigenvalue weighted by atomic mass is 32.2. The third kappa shape index (κ3) is 24.8. The highest BCUT2D eigenvalue weighted by Gasteiger charge is 2.61. The Morgan fingerprint density at radius 2 is 0.250 bits per heavy atom. The second kappa shape index (κ2) is 48.5. The van der Waals surface area contributed by atoms with E-state index < -0.39 is 246 Å². The average Bonchev–Trinajstić information content (AvgIpc) is 0.772. The van der Waals surface area contributed by atoms with Crippen LogP contribution in [0.3, 0.4) is 0 Å². The first-order chi connectivity index (χ1) is 53.9. The van der Waals surface area contributed by atoms with Crippen molar-refractivity contribution in [2.45, 2.75) is 246 Å². The van der Waals surface area contributed by atoms with Gasteiger partial charge in [0.1, 0.15) is 146 Å². The molecule has 30 heterocycles. The van der Waals surface area contributed by atoms with Gasteiger partial charge in [-0.05, 0) is 0 Å². The zero-order valence-corrected chi connectivity index (χ0v) is 68.2. The van der Waals surface area contributed by atoms with Gasteiger partial charge in [0, 0.05) is 144 Å². The lowest BCUT2D eigenvalue weighted by molar-refractivity contribution is -0.396. The number of hydrogen-bond acceptors (Lipinski definition) is 48. The Bertz CT molecular complexity index is 2150. The molecule has 30 fully saturated rings. The number of aliphatic hydroxyl groups excluding tert-OH is 16. The normalized spacial score (nSPS) is 46.1. The lowest BCUT2D eigenvalue weighted by atomic mass is 9.95. The molecule has 656 valence electrons. The summed E-state index contributed by atoms with van der Waals surface area (Å²) in [7, 11) is 0. The quantitative estimate of drug-likeness (QED) is 0.0278. The molecule has 0 spiro atoms. The maximum atomic E-state index is 12.2. The van der Waals surface area contributed by atoms with Crippen molar-refractivity contribution in [1.82, 2.24) is 0 Å². The van der Waals surface area contributed by atoms with Crippen LogP contribution in [0.15, 0.2) is 0 Å². The Morgan fingerprint density at radius 1 is 0.152 bits per heavy atom. The minimum atomic E-state index is -2.05. The highest BCUT2D eigenvalue weighted by molar-refractivity contribution is 8.00. The minimum absolute atomic E-state index is 0.0285. The molecular formula is C64H120N8O32S8. The molecule has 30 rings (SSSR count). The molecular weight excluding hydrogens is 1650 g/mol. The molecule has 0 radical (unpaired) electrons. The van der Waals surface area contributed by atoms with Gasteiger partial charge in [-0.2, -0.15) is 94.1 Å². The van der Waals surface area contributed by atoms with E-state index in [1.807, 2.05) is 0 Å². The Kier molecular flexibility index (Phi) is 42.0. The van der Waals surface area contributed by atoms with E-state index in [4.69, 9.17) is 122 Å². The number of nitrogens with two attached hydrogens (primary N) is 8. The van der Waals surface area contributed by atoms with E-state index in [9.17, 15) is 81.7 Å². The van der Waals surface area contributed by atoms with E-state index in [1.54, 1.807) is 0 Å². The Hall–Kier alpha value is 1.20. The van der Waals surface area contributed by atoms with Gasteiger partial charge in [-0.25, -0.2) is 0 Å². The molecule has 0 aromatic carbocycles. The second-order valence-corrected chi connectivity index (χ2v) is 37.1. The van der Waals surface area contributed by atoms with E-state index in [1.165, 1.54) is 94.1 Å². The summed E-state index contributed by atoms with van der Waals surface area (Å²) in [5.74, 6) is 2.50. The van der Waals surface area contributed by atoms with Crippen molar-refractivity contribution < 1.29 is 157 Å².